The van der Waals surface area contributed by atoms with Gasteiger partial charge in [-0.25, -0.2) is 9.78 Å². The van der Waals surface area contributed by atoms with E-state index >= 15 is 0 Å². The predicted octanol–water partition coefficient (Wildman–Crippen LogP) is 2.70. The van der Waals surface area contributed by atoms with E-state index in [9.17, 15) is 18.0 Å². The lowest BCUT2D eigenvalue weighted by atomic mass is 10.1. The third kappa shape index (κ3) is 1.95. The maximum Gasteiger partial charge on any atom is 0.416 e. The van der Waals surface area contributed by atoms with E-state index in [0.29, 0.717) is 5.52 Å². The quantitative estimate of drug-likeness (QED) is 0.811. The molecule has 2 aromatic rings. The van der Waals surface area contributed by atoms with Crippen LogP contribution in [0.4, 0.5) is 13.2 Å². The molecule has 3 nitrogen and oxygen atoms in total. The number of halogens is 4. The monoisotopic (exact) mass is 292 g/mol. The van der Waals surface area contributed by atoms with Crippen molar-refractivity contribution < 1.29 is 13.2 Å². The van der Waals surface area contributed by atoms with E-state index in [4.69, 9.17) is 0 Å². The fourth-order valence-electron chi connectivity index (χ4n) is 1.29. The summed E-state index contributed by atoms with van der Waals surface area (Å²) in [6, 6.07) is 1.85. The third-order valence-corrected chi connectivity index (χ3v) is 2.63. The van der Waals surface area contributed by atoms with Crippen molar-refractivity contribution in [1.82, 2.24) is 9.97 Å². The number of aromatic nitrogens is 2. The second-order valence-electron chi connectivity index (χ2n) is 3.11. The number of fused-ring (bicyclic) bond motifs is 1. The number of aromatic amines is 1. The minimum Gasteiger partial charge on any atom is -0.304 e. The Hall–Kier alpha value is -1.37. The number of hydrogen-bond acceptors (Lipinski definition) is 2. The van der Waals surface area contributed by atoms with Crippen LogP contribution in [0.25, 0.3) is 10.9 Å². The van der Waals surface area contributed by atoms with E-state index in [-0.39, 0.29) is 9.86 Å². The molecule has 0 fully saturated rings. The number of rotatable bonds is 0. The highest BCUT2D eigenvalue weighted by Crippen LogP contribution is 2.33. The molecule has 0 spiro atoms. The summed E-state index contributed by atoms with van der Waals surface area (Å²) >= 11 is 2.98. The molecule has 1 aromatic heterocycles. The van der Waals surface area contributed by atoms with Crippen LogP contribution in [0.2, 0.25) is 0 Å². The van der Waals surface area contributed by atoms with Gasteiger partial charge in [0.05, 0.1) is 11.1 Å². The smallest absolute Gasteiger partial charge is 0.304 e. The molecule has 0 saturated heterocycles. The highest BCUT2D eigenvalue weighted by Gasteiger charge is 2.31. The first-order valence-corrected chi connectivity index (χ1v) is 4.93. The van der Waals surface area contributed by atoms with Crippen LogP contribution in [0.15, 0.2) is 27.6 Å². The molecule has 7 heteroatoms. The lowest BCUT2D eigenvalue weighted by molar-refractivity contribution is -0.137. The Balaban J connectivity index is 2.78. The highest BCUT2D eigenvalue weighted by molar-refractivity contribution is 9.10. The standard InChI is InChI=1S/C9H4BrF3N2O/c10-6-2-5(9(11,12)13)1-4-3-14-8(16)15-7(4)6/h1-3H,(H,14,15,16). The maximum absolute atomic E-state index is 12.5. The van der Waals surface area contributed by atoms with Crippen LogP contribution >= 0.6 is 15.9 Å². The van der Waals surface area contributed by atoms with E-state index in [0.717, 1.165) is 18.3 Å². The van der Waals surface area contributed by atoms with E-state index in [1.54, 1.807) is 0 Å². The summed E-state index contributed by atoms with van der Waals surface area (Å²) in [4.78, 5) is 16.6. The molecule has 0 bridgehead atoms. The molecule has 0 saturated carbocycles. The average Bonchev–Trinajstić information content (AvgIpc) is 2.17. The molecule has 0 aliphatic carbocycles. The van der Waals surface area contributed by atoms with Crippen molar-refractivity contribution in [2.75, 3.05) is 0 Å². The molecule has 1 aromatic carbocycles. The molecule has 1 N–H and O–H groups in total. The average molecular weight is 293 g/mol. The number of alkyl halides is 3. The van der Waals surface area contributed by atoms with Gasteiger partial charge >= 0.3 is 11.9 Å². The zero-order valence-corrected chi connectivity index (χ0v) is 9.19. The van der Waals surface area contributed by atoms with Gasteiger partial charge < -0.3 is 4.98 Å². The van der Waals surface area contributed by atoms with Crippen LogP contribution in [0.5, 0.6) is 0 Å². The molecular weight excluding hydrogens is 289 g/mol. The number of hydrogen-bond donors (Lipinski definition) is 1. The first kappa shape index (κ1) is 11.1. The Kier molecular flexibility index (Phi) is 2.49. The molecule has 0 radical (unpaired) electrons. The topological polar surface area (TPSA) is 45.8 Å². The molecule has 1 heterocycles. The van der Waals surface area contributed by atoms with Crippen molar-refractivity contribution in [3.63, 3.8) is 0 Å². The minimum absolute atomic E-state index is 0.178. The van der Waals surface area contributed by atoms with Crippen molar-refractivity contribution in [2.45, 2.75) is 6.18 Å². The summed E-state index contributed by atoms with van der Waals surface area (Å²) in [5.41, 5.74) is -1.10. The fourth-order valence-corrected chi connectivity index (χ4v) is 1.87. The zero-order valence-electron chi connectivity index (χ0n) is 7.60. The SMILES string of the molecule is O=c1ncc2cc(C(F)(F)F)cc(Br)c2[nH]1. The van der Waals surface area contributed by atoms with Gasteiger partial charge in [-0.1, -0.05) is 0 Å². The van der Waals surface area contributed by atoms with Crippen LogP contribution in [0.1, 0.15) is 5.56 Å². The van der Waals surface area contributed by atoms with E-state index < -0.39 is 17.4 Å². The highest BCUT2D eigenvalue weighted by atomic mass is 79.9. The molecule has 2 rings (SSSR count). The number of benzene rings is 1. The van der Waals surface area contributed by atoms with Crippen molar-refractivity contribution in [3.05, 3.63) is 38.9 Å². The lowest BCUT2D eigenvalue weighted by Gasteiger charge is -2.08. The molecule has 0 unspecified atom stereocenters. The Morgan fingerprint density at radius 3 is 2.62 bits per heavy atom. The lowest BCUT2D eigenvalue weighted by Crippen LogP contribution is -2.10. The van der Waals surface area contributed by atoms with Crippen LogP contribution in [0, 0.1) is 0 Å². The Labute approximate surface area is 95.4 Å². The summed E-state index contributed by atoms with van der Waals surface area (Å²) in [6.45, 7) is 0. The molecule has 0 atom stereocenters. The van der Waals surface area contributed by atoms with Gasteiger partial charge in [-0.2, -0.15) is 13.2 Å². The number of nitrogens with one attached hydrogen (secondary N) is 1. The van der Waals surface area contributed by atoms with Crippen LogP contribution in [-0.2, 0) is 6.18 Å². The van der Waals surface area contributed by atoms with Crippen LogP contribution in [-0.4, -0.2) is 9.97 Å². The second-order valence-corrected chi connectivity index (χ2v) is 3.96. The second kappa shape index (κ2) is 3.58. The Morgan fingerprint density at radius 1 is 1.31 bits per heavy atom. The molecule has 84 valence electrons. The number of H-pyrrole nitrogens is 1. The van der Waals surface area contributed by atoms with Gasteiger partial charge in [-0.3, -0.25) is 0 Å². The van der Waals surface area contributed by atoms with Gasteiger partial charge in [-0.15, -0.1) is 0 Å². The molecule has 16 heavy (non-hydrogen) atoms. The maximum atomic E-state index is 12.5. The van der Waals surface area contributed by atoms with Gasteiger partial charge in [-0.05, 0) is 28.1 Å². The van der Waals surface area contributed by atoms with E-state index in [1.807, 2.05) is 0 Å². The van der Waals surface area contributed by atoms with Crippen molar-refractivity contribution in [3.8, 4) is 0 Å². The largest absolute Gasteiger partial charge is 0.416 e. The summed E-state index contributed by atoms with van der Waals surface area (Å²) in [6.07, 6.45) is -3.32. The minimum atomic E-state index is -4.42. The zero-order chi connectivity index (χ0) is 11.9. The van der Waals surface area contributed by atoms with Gasteiger partial charge in [0, 0.05) is 16.1 Å². The third-order valence-electron chi connectivity index (χ3n) is 2.00. The summed E-state index contributed by atoms with van der Waals surface area (Å²) in [5.74, 6) is 0. The van der Waals surface area contributed by atoms with Gasteiger partial charge in [0.2, 0.25) is 0 Å². The molecule has 0 aliphatic heterocycles. The predicted molar refractivity (Wildman–Crippen MR) is 55.1 cm³/mol. The van der Waals surface area contributed by atoms with Crippen molar-refractivity contribution in [2.24, 2.45) is 0 Å². The first-order valence-electron chi connectivity index (χ1n) is 4.14. The normalized spacial score (nSPS) is 12.0. The van der Waals surface area contributed by atoms with E-state index in [2.05, 4.69) is 25.9 Å². The van der Waals surface area contributed by atoms with Crippen LogP contribution in [0.3, 0.4) is 0 Å². The number of nitrogens with zero attached hydrogens (tertiary/aromatic N) is 1. The van der Waals surface area contributed by atoms with Gasteiger partial charge in [0.25, 0.3) is 0 Å². The van der Waals surface area contributed by atoms with Gasteiger partial charge in [0.15, 0.2) is 0 Å². The molecule has 0 aliphatic rings. The first-order chi connectivity index (χ1) is 7.38. The Bertz CT molecular complexity index is 606. The van der Waals surface area contributed by atoms with Crippen LogP contribution < -0.4 is 5.69 Å². The molecule has 0 amide bonds. The Morgan fingerprint density at radius 2 is 2.00 bits per heavy atom. The van der Waals surface area contributed by atoms with Crippen molar-refractivity contribution >= 4 is 26.8 Å². The fraction of sp³-hybridized carbons (Fsp3) is 0.111. The van der Waals surface area contributed by atoms with Gasteiger partial charge in [0.1, 0.15) is 0 Å². The molecular formula is C9H4BrF3N2O. The summed E-state index contributed by atoms with van der Waals surface area (Å²) < 4.78 is 37.6. The van der Waals surface area contributed by atoms with Crippen molar-refractivity contribution in [1.29, 1.82) is 0 Å². The summed E-state index contributed by atoms with van der Waals surface area (Å²) in [5, 5.41) is 0.223. The van der Waals surface area contributed by atoms with E-state index in [1.165, 1.54) is 0 Å². The summed E-state index contributed by atoms with van der Waals surface area (Å²) in [7, 11) is 0.